The van der Waals surface area contributed by atoms with Gasteiger partial charge in [0.15, 0.2) is 5.78 Å². The molecule has 2 N–H and O–H groups in total. The number of halogens is 3. The van der Waals surface area contributed by atoms with Crippen molar-refractivity contribution >= 4 is 39.9 Å². The Morgan fingerprint density at radius 2 is 1.90 bits per heavy atom. The maximum atomic E-state index is 17.2. The van der Waals surface area contributed by atoms with Gasteiger partial charge in [-0.25, -0.2) is 8.78 Å². The van der Waals surface area contributed by atoms with Gasteiger partial charge in [0.25, 0.3) is 0 Å². The second-order valence-electron chi connectivity index (χ2n) is 9.99. The molecule has 0 bridgehead atoms. The van der Waals surface area contributed by atoms with Crippen molar-refractivity contribution < 1.29 is 33.4 Å². The van der Waals surface area contributed by atoms with E-state index in [2.05, 4.69) is 0 Å². The molecule has 3 unspecified atom stereocenters. The number of hydrogen-bond donors (Lipinski definition) is 2. The van der Waals surface area contributed by atoms with Crippen molar-refractivity contribution in [2.45, 2.75) is 67.8 Å². The third kappa shape index (κ3) is 2.31. The molecule has 4 rings (SSSR count). The Labute approximate surface area is 187 Å². The Bertz CT molecular complexity index is 876. The maximum Gasteiger partial charge on any atom is 0.221 e. The molecule has 4 aliphatic rings. The average molecular weight is 536 g/mol. The molecular formula is C22H27F2IO5. The highest BCUT2D eigenvalue weighted by molar-refractivity contribution is 14.1. The van der Waals surface area contributed by atoms with Crippen molar-refractivity contribution in [1.29, 1.82) is 0 Å². The van der Waals surface area contributed by atoms with Crippen LogP contribution in [0.5, 0.6) is 0 Å². The summed E-state index contributed by atoms with van der Waals surface area (Å²) in [6, 6.07) is 0. The quantitative estimate of drug-likeness (QED) is 0.322. The van der Waals surface area contributed by atoms with Crippen LogP contribution in [0.4, 0.5) is 8.78 Å². The molecule has 3 saturated carbocycles. The van der Waals surface area contributed by atoms with Gasteiger partial charge in [-0.15, -0.1) is 0 Å². The van der Waals surface area contributed by atoms with Crippen LogP contribution in [0.25, 0.3) is 0 Å². The Morgan fingerprint density at radius 1 is 1.27 bits per heavy atom. The smallest absolute Gasteiger partial charge is 0.221 e. The molecule has 3 fully saturated rings. The van der Waals surface area contributed by atoms with E-state index in [4.69, 9.17) is 0 Å². The van der Waals surface area contributed by atoms with Crippen molar-refractivity contribution in [1.82, 2.24) is 0 Å². The zero-order valence-electron chi connectivity index (χ0n) is 17.3. The minimum Gasteiger partial charge on any atom is -0.388 e. The summed E-state index contributed by atoms with van der Waals surface area (Å²) in [6.07, 6.45) is -0.0642. The van der Waals surface area contributed by atoms with Gasteiger partial charge in [-0.2, -0.15) is 0 Å². The number of aliphatic hydroxyl groups excluding tert-OH is 1. The lowest BCUT2D eigenvalue weighted by Crippen LogP contribution is -2.70. The summed E-state index contributed by atoms with van der Waals surface area (Å²) in [4.78, 5) is 37.1. The number of carbonyl (C=O) groups excluding carboxylic acids is 3. The largest absolute Gasteiger partial charge is 0.388 e. The topological polar surface area (TPSA) is 91.7 Å². The van der Waals surface area contributed by atoms with Crippen LogP contribution in [-0.2, 0) is 14.4 Å². The Morgan fingerprint density at radius 3 is 2.50 bits per heavy atom. The van der Waals surface area contributed by atoms with Crippen molar-refractivity contribution in [2.75, 3.05) is 6.61 Å². The van der Waals surface area contributed by atoms with Gasteiger partial charge in [-0.3, -0.25) is 14.4 Å². The molecule has 0 spiro atoms. The highest BCUT2D eigenvalue weighted by Crippen LogP contribution is 2.72. The number of ketones is 3. The summed E-state index contributed by atoms with van der Waals surface area (Å²) in [6.45, 7) is 3.99. The minimum atomic E-state index is -1.96. The molecule has 166 valence electrons. The van der Waals surface area contributed by atoms with Crippen LogP contribution in [0.15, 0.2) is 11.6 Å². The molecule has 0 aromatic rings. The second-order valence-corrected chi connectivity index (χ2v) is 11.4. The van der Waals surface area contributed by atoms with Gasteiger partial charge < -0.3 is 10.2 Å². The van der Waals surface area contributed by atoms with E-state index < -0.39 is 73.9 Å². The minimum absolute atomic E-state index is 0.0565. The zero-order chi connectivity index (χ0) is 22.4. The van der Waals surface area contributed by atoms with E-state index in [0.717, 1.165) is 6.08 Å². The molecule has 0 radical (unpaired) electrons. The summed E-state index contributed by atoms with van der Waals surface area (Å²) in [5.74, 6) is -4.50. The van der Waals surface area contributed by atoms with Gasteiger partial charge in [0, 0.05) is 22.7 Å². The highest BCUT2D eigenvalue weighted by atomic mass is 127. The molecule has 0 aliphatic heterocycles. The Hall–Kier alpha value is -0.740. The molecule has 0 aromatic carbocycles. The van der Waals surface area contributed by atoms with E-state index in [0.29, 0.717) is 6.42 Å². The molecule has 30 heavy (non-hydrogen) atoms. The van der Waals surface area contributed by atoms with Gasteiger partial charge >= 0.3 is 0 Å². The fourth-order valence-electron chi connectivity index (χ4n) is 7.25. The van der Waals surface area contributed by atoms with Crippen molar-refractivity contribution in [3.05, 3.63) is 11.6 Å². The molecule has 9 atom stereocenters. The summed E-state index contributed by atoms with van der Waals surface area (Å²) >= 11 is 1.90. The van der Waals surface area contributed by atoms with Crippen LogP contribution < -0.4 is 0 Å². The third-order valence-electron chi connectivity index (χ3n) is 9.33. The van der Waals surface area contributed by atoms with Crippen molar-refractivity contribution in [2.24, 2.45) is 28.6 Å². The van der Waals surface area contributed by atoms with Crippen LogP contribution >= 0.6 is 22.6 Å². The molecule has 0 heterocycles. The predicted octanol–water partition coefficient (Wildman–Crippen LogP) is 2.69. The number of Topliss-reactive ketones (excluding diaryl/α,β-unsaturated/α-hetero) is 2. The summed E-state index contributed by atoms with van der Waals surface area (Å²) in [5.41, 5.74) is -6.14. The van der Waals surface area contributed by atoms with Gasteiger partial charge in [0.2, 0.25) is 11.6 Å². The molecule has 8 heteroatoms. The number of allylic oxidation sites excluding steroid dienone is 1. The maximum absolute atomic E-state index is 17.2. The van der Waals surface area contributed by atoms with Crippen LogP contribution in [0.3, 0.4) is 0 Å². The van der Waals surface area contributed by atoms with E-state index in [1.165, 1.54) is 6.92 Å². The van der Waals surface area contributed by atoms with E-state index >= 15 is 8.78 Å². The zero-order valence-corrected chi connectivity index (χ0v) is 19.4. The first-order valence-corrected chi connectivity index (χ1v) is 11.7. The van der Waals surface area contributed by atoms with Crippen LogP contribution in [0, 0.1) is 28.6 Å². The first kappa shape index (κ1) is 22.5. The van der Waals surface area contributed by atoms with Gasteiger partial charge in [-0.1, -0.05) is 43.4 Å². The monoisotopic (exact) mass is 536 g/mol. The molecular weight excluding hydrogens is 509 g/mol. The number of fused-ring (bicyclic) bond motifs is 5. The van der Waals surface area contributed by atoms with Gasteiger partial charge in [0.05, 0.1) is 3.92 Å². The van der Waals surface area contributed by atoms with E-state index in [1.807, 2.05) is 22.6 Å². The van der Waals surface area contributed by atoms with E-state index in [9.17, 15) is 24.6 Å². The molecule has 5 nitrogen and oxygen atoms in total. The second kappa shape index (κ2) is 6.63. The standard InChI is InChI=1S/C22H27F2IO5/c1-10-18(29)13(27)8-12-16(23)17(25)15-11-4-5-22(30,14(28)9-26)19(11,2)6-7-21(15,24)20(10,12)3/h8,10-11,15-17,26,30H,4-7,9H2,1-3H3/t10?,11-,15+,16?,17?,19-,20-,21+,22-/m0/s1. The summed E-state index contributed by atoms with van der Waals surface area (Å²) in [7, 11) is 0. The van der Waals surface area contributed by atoms with Crippen LogP contribution in [0.2, 0.25) is 0 Å². The van der Waals surface area contributed by atoms with Crippen LogP contribution in [0.1, 0.15) is 46.5 Å². The van der Waals surface area contributed by atoms with Crippen molar-refractivity contribution in [3.8, 4) is 0 Å². The van der Waals surface area contributed by atoms with Gasteiger partial charge in [0.1, 0.15) is 24.0 Å². The average Bonchev–Trinajstić information content (AvgIpc) is 2.98. The number of carbonyl (C=O) groups is 3. The highest BCUT2D eigenvalue weighted by Gasteiger charge is 2.76. The fraction of sp³-hybridized carbons (Fsp3) is 0.773. The summed E-state index contributed by atoms with van der Waals surface area (Å²) in [5, 5.41) is 20.6. The lowest BCUT2D eigenvalue weighted by atomic mass is 9.42. The molecule has 0 amide bonds. The summed E-state index contributed by atoms with van der Waals surface area (Å²) < 4.78 is 32.1. The number of hydrogen-bond acceptors (Lipinski definition) is 5. The molecule has 4 aliphatic carbocycles. The van der Waals surface area contributed by atoms with Crippen LogP contribution in [-0.4, -0.2) is 55.5 Å². The normalized spacial score (nSPS) is 52.9. The lowest BCUT2D eigenvalue weighted by molar-refractivity contribution is -0.193. The lowest BCUT2D eigenvalue weighted by Gasteiger charge is -2.64. The number of rotatable bonds is 2. The van der Waals surface area contributed by atoms with E-state index in [1.54, 1.807) is 13.8 Å². The predicted molar refractivity (Wildman–Crippen MR) is 113 cm³/mol. The SMILES string of the molecule is CC1C(=O)C(=O)C=C2C(F)C(I)[C@H]3[C@@H]4CC[C@](O)(C(=O)CO)[C@@]4(C)CC[C@]3(F)[C@]21C. The Kier molecular flexibility index (Phi) is 4.97. The fourth-order valence-corrected chi connectivity index (χ4v) is 8.71. The first-order chi connectivity index (χ1) is 13.8. The van der Waals surface area contributed by atoms with Gasteiger partial charge in [-0.05, 0) is 43.3 Å². The first-order valence-electron chi connectivity index (χ1n) is 10.4. The Balaban J connectivity index is 1.88. The third-order valence-corrected chi connectivity index (χ3v) is 10.7. The molecule has 0 aromatic heterocycles. The van der Waals surface area contributed by atoms with E-state index in [-0.39, 0.29) is 24.8 Å². The van der Waals surface area contributed by atoms with Crippen molar-refractivity contribution in [3.63, 3.8) is 0 Å². The number of aliphatic hydroxyl groups is 2. The number of alkyl halides is 3. The molecule has 0 saturated heterocycles.